The van der Waals surface area contributed by atoms with E-state index in [1.807, 2.05) is 13.8 Å². The van der Waals surface area contributed by atoms with Gasteiger partial charge in [0, 0.05) is 6.04 Å². The summed E-state index contributed by atoms with van der Waals surface area (Å²) < 4.78 is 12.7. The lowest BCUT2D eigenvalue weighted by Crippen LogP contribution is -2.11. The molecule has 2 rings (SSSR count). The molecule has 0 fully saturated rings. The van der Waals surface area contributed by atoms with E-state index in [9.17, 15) is 4.79 Å². The zero-order valence-electron chi connectivity index (χ0n) is 11.7. The topological polar surface area (TPSA) is 66.2 Å². The van der Waals surface area contributed by atoms with E-state index in [-0.39, 0.29) is 12.6 Å². The van der Waals surface area contributed by atoms with Gasteiger partial charge in [-0.3, -0.25) is 4.79 Å². The Bertz CT molecular complexity index is 593. The average Bonchev–Trinajstić information content (AvgIpc) is 2.93. The van der Waals surface area contributed by atoms with Crippen LogP contribution in [-0.2, 0) is 6.61 Å². The van der Waals surface area contributed by atoms with Crippen LogP contribution in [0.4, 0.5) is 0 Å². The van der Waals surface area contributed by atoms with Gasteiger partial charge in [0.05, 0.1) is 12.7 Å². The monoisotopic (exact) mass is 275 g/mol. The van der Waals surface area contributed by atoms with E-state index in [2.05, 4.69) is 10.1 Å². The minimum absolute atomic E-state index is 0.194. The summed E-state index contributed by atoms with van der Waals surface area (Å²) in [6, 6.07) is 5.36. The quantitative estimate of drug-likeness (QED) is 0.756. The molecule has 6 heteroatoms. The maximum absolute atomic E-state index is 11.1. The fraction of sp³-hybridized carbons (Fsp3) is 0.357. The molecule has 0 aliphatic heterocycles. The second kappa shape index (κ2) is 6.18. The van der Waals surface area contributed by atoms with Crippen molar-refractivity contribution in [2.24, 2.45) is 0 Å². The Hall–Kier alpha value is -2.37. The molecule has 6 nitrogen and oxygen atoms in total. The average molecular weight is 275 g/mol. The first-order valence-electron chi connectivity index (χ1n) is 6.30. The fourth-order valence-corrected chi connectivity index (χ4v) is 1.89. The van der Waals surface area contributed by atoms with Gasteiger partial charge in [-0.1, -0.05) is 6.07 Å². The summed E-state index contributed by atoms with van der Waals surface area (Å²) in [4.78, 5) is 15.2. The third kappa shape index (κ3) is 2.79. The highest BCUT2D eigenvalue weighted by Gasteiger charge is 2.13. The van der Waals surface area contributed by atoms with Crippen LogP contribution in [0.3, 0.4) is 0 Å². The van der Waals surface area contributed by atoms with Crippen molar-refractivity contribution in [3.8, 4) is 11.5 Å². The number of carbonyl (C=O) groups excluding carboxylic acids is 1. The molecule has 0 amide bonds. The zero-order chi connectivity index (χ0) is 14.5. The number of aromatic nitrogens is 3. The number of rotatable bonds is 6. The van der Waals surface area contributed by atoms with Crippen LogP contribution in [0.5, 0.6) is 11.5 Å². The number of methoxy groups -OCH3 is 1. The number of nitrogens with zero attached hydrogens (tertiary/aromatic N) is 3. The SMILES string of the molecule is COc1cccc(C=O)c1OCc1ncnn1C(C)C. The van der Waals surface area contributed by atoms with Gasteiger partial charge < -0.3 is 9.47 Å². The van der Waals surface area contributed by atoms with Gasteiger partial charge in [-0.25, -0.2) is 9.67 Å². The van der Waals surface area contributed by atoms with Crippen LogP contribution < -0.4 is 9.47 Å². The van der Waals surface area contributed by atoms with E-state index in [0.717, 1.165) is 6.29 Å². The molecule has 1 aromatic heterocycles. The first-order valence-corrected chi connectivity index (χ1v) is 6.30. The third-order valence-electron chi connectivity index (χ3n) is 2.84. The second-order valence-corrected chi connectivity index (χ2v) is 4.50. The first kappa shape index (κ1) is 14.0. The zero-order valence-corrected chi connectivity index (χ0v) is 11.7. The van der Waals surface area contributed by atoms with Gasteiger partial charge >= 0.3 is 0 Å². The third-order valence-corrected chi connectivity index (χ3v) is 2.84. The summed E-state index contributed by atoms with van der Waals surface area (Å²) in [6.07, 6.45) is 2.23. The highest BCUT2D eigenvalue weighted by Crippen LogP contribution is 2.30. The van der Waals surface area contributed by atoms with E-state index in [1.54, 1.807) is 22.9 Å². The maximum Gasteiger partial charge on any atom is 0.172 e. The Balaban J connectivity index is 2.22. The lowest BCUT2D eigenvalue weighted by atomic mass is 10.2. The molecule has 1 heterocycles. The molecule has 2 aromatic rings. The van der Waals surface area contributed by atoms with Crippen molar-refractivity contribution in [3.63, 3.8) is 0 Å². The van der Waals surface area contributed by atoms with E-state index >= 15 is 0 Å². The standard InChI is InChI=1S/C14H17N3O3/c1-10(2)17-13(15-9-16-17)8-20-14-11(7-18)5-4-6-12(14)19-3/h4-7,9-10H,8H2,1-3H3. The molecular formula is C14H17N3O3. The summed E-state index contributed by atoms with van der Waals surface area (Å²) in [6.45, 7) is 4.25. The Labute approximate surface area is 117 Å². The molecule has 1 aromatic carbocycles. The van der Waals surface area contributed by atoms with Crippen molar-refractivity contribution in [1.82, 2.24) is 14.8 Å². The minimum atomic E-state index is 0.194. The molecule has 106 valence electrons. The molecular weight excluding hydrogens is 258 g/mol. The molecule has 0 aliphatic carbocycles. The fourth-order valence-electron chi connectivity index (χ4n) is 1.89. The molecule has 0 bridgehead atoms. The van der Waals surface area contributed by atoms with Crippen LogP contribution in [0.2, 0.25) is 0 Å². The summed E-state index contributed by atoms with van der Waals surface area (Å²) in [5.74, 6) is 1.64. The van der Waals surface area contributed by atoms with Crippen LogP contribution >= 0.6 is 0 Å². The van der Waals surface area contributed by atoms with Crippen LogP contribution in [0, 0.1) is 0 Å². The first-order chi connectivity index (χ1) is 9.67. The van der Waals surface area contributed by atoms with Crippen LogP contribution in [-0.4, -0.2) is 28.2 Å². The van der Waals surface area contributed by atoms with Crippen LogP contribution in [0.25, 0.3) is 0 Å². The maximum atomic E-state index is 11.1. The number of para-hydroxylation sites is 1. The van der Waals surface area contributed by atoms with Gasteiger partial charge in [-0.05, 0) is 26.0 Å². The Morgan fingerprint density at radius 3 is 2.85 bits per heavy atom. The number of hydrogen-bond donors (Lipinski definition) is 0. The van der Waals surface area contributed by atoms with Gasteiger partial charge in [0.25, 0.3) is 0 Å². The molecule has 0 N–H and O–H groups in total. The molecule has 20 heavy (non-hydrogen) atoms. The molecule has 0 saturated heterocycles. The van der Waals surface area contributed by atoms with Crippen LogP contribution in [0.15, 0.2) is 24.5 Å². The minimum Gasteiger partial charge on any atom is -0.493 e. The van der Waals surface area contributed by atoms with Gasteiger partial charge in [0.15, 0.2) is 23.6 Å². The number of carbonyl (C=O) groups is 1. The molecule has 0 aliphatic rings. The van der Waals surface area contributed by atoms with Crippen molar-refractivity contribution in [1.29, 1.82) is 0 Å². The summed E-state index contributed by atoms with van der Waals surface area (Å²) in [5, 5.41) is 4.14. The van der Waals surface area contributed by atoms with Gasteiger partial charge in [0.1, 0.15) is 12.9 Å². The molecule has 0 spiro atoms. The number of hydrogen-bond acceptors (Lipinski definition) is 5. The van der Waals surface area contributed by atoms with E-state index in [1.165, 1.54) is 13.4 Å². The normalized spacial score (nSPS) is 10.6. The highest BCUT2D eigenvalue weighted by atomic mass is 16.5. The van der Waals surface area contributed by atoms with Crippen molar-refractivity contribution >= 4 is 6.29 Å². The second-order valence-electron chi connectivity index (χ2n) is 4.50. The van der Waals surface area contributed by atoms with Crippen molar-refractivity contribution in [2.75, 3.05) is 7.11 Å². The predicted octanol–water partition coefficient (Wildman–Crippen LogP) is 2.26. The Morgan fingerprint density at radius 1 is 1.40 bits per heavy atom. The summed E-state index contributed by atoms with van der Waals surface area (Å²) in [5.41, 5.74) is 0.444. The lowest BCUT2D eigenvalue weighted by Gasteiger charge is -2.13. The molecule has 0 unspecified atom stereocenters. The lowest BCUT2D eigenvalue weighted by molar-refractivity contribution is 0.111. The number of ether oxygens (including phenoxy) is 2. The van der Waals surface area contributed by atoms with Gasteiger partial charge in [0.2, 0.25) is 0 Å². The number of aldehydes is 1. The highest BCUT2D eigenvalue weighted by molar-refractivity contribution is 5.81. The van der Waals surface area contributed by atoms with E-state index < -0.39 is 0 Å². The molecule has 0 radical (unpaired) electrons. The van der Waals surface area contributed by atoms with Gasteiger partial charge in [-0.15, -0.1) is 0 Å². The Morgan fingerprint density at radius 2 is 2.20 bits per heavy atom. The molecule has 0 saturated carbocycles. The number of benzene rings is 1. The van der Waals surface area contributed by atoms with Crippen molar-refractivity contribution in [3.05, 3.63) is 35.9 Å². The predicted molar refractivity (Wildman–Crippen MR) is 73.1 cm³/mol. The van der Waals surface area contributed by atoms with Crippen molar-refractivity contribution in [2.45, 2.75) is 26.5 Å². The Kier molecular flexibility index (Phi) is 4.34. The largest absolute Gasteiger partial charge is 0.493 e. The van der Waals surface area contributed by atoms with Gasteiger partial charge in [-0.2, -0.15) is 5.10 Å². The van der Waals surface area contributed by atoms with E-state index in [4.69, 9.17) is 9.47 Å². The smallest absolute Gasteiger partial charge is 0.172 e. The molecule has 0 atom stereocenters. The summed E-state index contributed by atoms with van der Waals surface area (Å²) in [7, 11) is 1.54. The van der Waals surface area contributed by atoms with E-state index in [0.29, 0.717) is 22.9 Å². The van der Waals surface area contributed by atoms with Crippen molar-refractivity contribution < 1.29 is 14.3 Å². The summed E-state index contributed by atoms with van der Waals surface area (Å²) >= 11 is 0. The van der Waals surface area contributed by atoms with Crippen LogP contribution in [0.1, 0.15) is 36.1 Å².